The van der Waals surface area contributed by atoms with Gasteiger partial charge in [-0.25, -0.2) is 0 Å². The van der Waals surface area contributed by atoms with Crippen molar-refractivity contribution in [2.45, 2.75) is 13.1 Å². The highest BCUT2D eigenvalue weighted by molar-refractivity contribution is 7.71. The van der Waals surface area contributed by atoms with Gasteiger partial charge in [0.1, 0.15) is 25.5 Å². The molecule has 0 aliphatic carbocycles. The monoisotopic (exact) mass is 412 g/mol. The first kappa shape index (κ1) is 19.0. The molecule has 1 amide bonds. The molecule has 0 fully saturated rings. The SMILES string of the molecule is COc1ccc(-c2n[nH]c(=S)n2CC(=O)NCc2ccc3c(c2)OCCO3)cc1. The van der Waals surface area contributed by atoms with Gasteiger partial charge in [0.2, 0.25) is 5.91 Å². The summed E-state index contributed by atoms with van der Waals surface area (Å²) in [6, 6.07) is 13.0. The van der Waals surface area contributed by atoms with E-state index in [1.807, 2.05) is 42.5 Å². The zero-order valence-corrected chi connectivity index (χ0v) is 16.6. The number of rotatable bonds is 6. The number of H-pyrrole nitrogens is 1. The van der Waals surface area contributed by atoms with Crippen molar-refractivity contribution < 1.29 is 19.0 Å². The Bertz CT molecular complexity index is 1070. The van der Waals surface area contributed by atoms with E-state index in [1.54, 1.807) is 11.7 Å². The van der Waals surface area contributed by atoms with Crippen LogP contribution < -0.4 is 19.5 Å². The van der Waals surface area contributed by atoms with E-state index in [-0.39, 0.29) is 12.5 Å². The number of ether oxygens (including phenoxy) is 3. The van der Waals surface area contributed by atoms with Gasteiger partial charge in [-0.3, -0.25) is 14.5 Å². The zero-order valence-electron chi connectivity index (χ0n) is 15.8. The third-order valence-electron chi connectivity index (χ3n) is 4.50. The fraction of sp³-hybridized carbons (Fsp3) is 0.250. The van der Waals surface area contributed by atoms with Crippen LogP contribution in [0.3, 0.4) is 0 Å². The molecule has 0 atom stereocenters. The Morgan fingerprint density at radius 3 is 2.72 bits per heavy atom. The number of benzene rings is 2. The quantitative estimate of drug-likeness (QED) is 0.605. The third kappa shape index (κ3) is 4.24. The average Bonchev–Trinajstić information content (AvgIpc) is 3.12. The number of aromatic amines is 1. The Morgan fingerprint density at radius 1 is 1.21 bits per heavy atom. The fourth-order valence-electron chi connectivity index (χ4n) is 3.02. The number of hydrogen-bond donors (Lipinski definition) is 2. The number of carbonyl (C=O) groups excluding carboxylic acids is 1. The maximum absolute atomic E-state index is 12.5. The average molecular weight is 412 g/mol. The molecule has 1 aliphatic heterocycles. The molecule has 8 nitrogen and oxygen atoms in total. The summed E-state index contributed by atoms with van der Waals surface area (Å²) in [5.74, 6) is 2.58. The molecule has 2 N–H and O–H groups in total. The number of aromatic nitrogens is 3. The minimum absolute atomic E-state index is 0.0568. The molecule has 9 heteroatoms. The van der Waals surface area contributed by atoms with Crippen molar-refractivity contribution in [1.82, 2.24) is 20.1 Å². The molecule has 2 heterocycles. The Kier molecular flexibility index (Phi) is 5.48. The van der Waals surface area contributed by atoms with E-state index in [2.05, 4.69) is 15.5 Å². The van der Waals surface area contributed by atoms with Crippen LogP contribution in [-0.2, 0) is 17.9 Å². The maximum Gasteiger partial charge on any atom is 0.240 e. The van der Waals surface area contributed by atoms with Gasteiger partial charge in [-0.1, -0.05) is 6.07 Å². The number of methoxy groups -OCH3 is 1. The van der Waals surface area contributed by atoms with Gasteiger partial charge in [0.15, 0.2) is 22.1 Å². The zero-order chi connectivity index (χ0) is 20.2. The topological polar surface area (TPSA) is 90.4 Å². The third-order valence-corrected chi connectivity index (χ3v) is 4.82. The molecule has 2 aromatic carbocycles. The molecule has 0 unspecified atom stereocenters. The van der Waals surface area contributed by atoms with Gasteiger partial charge >= 0.3 is 0 Å². The first-order valence-corrected chi connectivity index (χ1v) is 9.50. The molecular formula is C20H20N4O4S. The van der Waals surface area contributed by atoms with Crippen LogP contribution in [-0.4, -0.2) is 41.0 Å². The largest absolute Gasteiger partial charge is 0.497 e. The Hall–Kier alpha value is -3.33. The van der Waals surface area contributed by atoms with Crippen molar-refractivity contribution in [3.63, 3.8) is 0 Å². The second-order valence-electron chi connectivity index (χ2n) is 6.42. The highest BCUT2D eigenvalue weighted by Gasteiger charge is 2.14. The summed E-state index contributed by atoms with van der Waals surface area (Å²) in [6.07, 6.45) is 0. The first-order chi connectivity index (χ1) is 14.1. The van der Waals surface area contributed by atoms with E-state index in [0.717, 1.165) is 22.6 Å². The second-order valence-corrected chi connectivity index (χ2v) is 6.81. The Morgan fingerprint density at radius 2 is 1.97 bits per heavy atom. The molecule has 1 aromatic heterocycles. The van der Waals surface area contributed by atoms with Crippen LogP contribution in [0.4, 0.5) is 0 Å². The number of nitrogens with zero attached hydrogens (tertiary/aromatic N) is 2. The summed E-state index contributed by atoms with van der Waals surface area (Å²) < 4.78 is 18.3. The van der Waals surface area contributed by atoms with Crippen LogP contribution in [0.25, 0.3) is 11.4 Å². The molecule has 1 aliphatic rings. The summed E-state index contributed by atoms with van der Waals surface area (Å²) in [5, 5.41) is 9.91. The molecule has 150 valence electrons. The predicted molar refractivity (Wildman–Crippen MR) is 109 cm³/mol. The van der Waals surface area contributed by atoms with Crippen LogP contribution in [0.2, 0.25) is 0 Å². The summed E-state index contributed by atoms with van der Waals surface area (Å²) in [7, 11) is 1.61. The first-order valence-electron chi connectivity index (χ1n) is 9.09. The van der Waals surface area contributed by atoms with Crippen molar-refractivity contribution in [1.29, 1.82) is 0 Å². The molecule has 0 spiro atoms. The Labute approximate surface area is 172 Å². The highest BCUT2D eigenvalue weighted by Crippen LogP contribution is 2.30. The highest BCUT2D eigenvalue weighted by atomic mass is 32.1. The minimum atomic E-state index is -0.174. The van der Waals surface area contributed by atoms with Gasteiger partial charge in [0, 0.05) is 12.1 Å². The minimum Gasteiger partial charge on any atom is -0.497 e. The van der Waals surface area contributed by atoms with Gasteiger partial charge in [0.05, 0.1) is 7.11 Å². The van der Waals surface area contributed by atoms with Gasteiger partial charge in [0.25, 0.3) is 0 Å². The van der Waals surface area contributed by atoms with E-state index >= 15 is 0 Å². The van der Waals surface area contributed by atoms with E-state index in [0.29, 0.717) is 36.1 Å². The molecule has 0 saturated carbocycles. The molecule has 3 aromatic rings. The van der Waals surface area contributed by atoms with Crippen LogP contribution >= 0.6 is 12.2 Å². The molecule has 29 heavy (non-hydrogen) atoms. The van der Waals surface area contributed by atoms with Gasteiger partial charge in [-0.15, -0.1) is 0 Å². The van der Waals surface area contributed by atoms with Crippen LogP contribution in [0.1, 0.15) is 5.56 Å². The van der Waals surface area contributed by atoms with Crippen LogP contribution in [0.15, 0.2) is 42.5 Å². The number of hydrogen-bond acceptors (Lipinski definition) is 6. The number of carbonyl (C=O) groups is 1. The van der Waals surface area contributed by atoms with Gasteiger partial charge in [-0.2, -0.15) is 5.10 Å². The number of amides is 1. The summed E-state index contributed by atoms with van der Waals surface area (Å²) in [4.78, 5) is 12.5. The smallest absolute Gasteiger partial charge is 0.240 e. The lowest BCUT2D eigenvalue weighted by molar-refractivity contribution is -0.121. The lowest BCUT2D eigenvalue weighted by atomic mass is 10.2. The molecule has 4 rings (SSSR count). The molecular weight excluding hydrogens is 392 g/mol. The molecule has 0 bridgehead atoms. The van der Waals surface area contributed by atoms with Crippen molar-refractivity contribution >= 4 is 18.1 Å². The Balaban J connectivity index is 1.43. The summed E-state index contributed by atoms with van der Waals surface area (Å²) >= 11 is 5.29. The van der Waals surface area contributed by atoms with Crippen molar-refractivity contribution in [2.24, 2.45) is 0 Å². The second kappa shape index (κ2) is 8.36. The van der Waals surface area contributed by atoms with Gasteiger partial charge in [-0.05, 0) is 54.2 Å². The number of nitrogens with one attached hydrogen (secondary N) is 2. The van der Waals surface area contributed by atoms with E-state index in [1.165, 1.54) is 0 Å². The van der Waals surface area contributed by atoms with E-state index < -0.39 is 0 Å². The standard InChI is InChI=1S/C20H20N4O4S/c1-26-15-5-3-14(4-6-15)19-22-23-20(29)24(19)12-18(25)21-11-13-2-7-16-17(10-13)28-9-8-27-16/h2-7,10H,8-9,11-12H2,1H3,(H,21,25)(H,23,29). The summed E-state index contributed by atoms with van der Waals surface area (Å²) in [6.45, 7) is 1.50. The fourth-order valence-corrected chi connectivity index (χ4v) is 3.22. The van der Waals surface area contributed by atoms with Crippen molar-refractivity contribution in [3.05, 3.63) is 52.8 Å². The predicted octanol–water partition coefficient (Wildman–Crippen LogP) is 2.70. The summed E-state index contributed by atoms with van der Waals surface area (Å²) in [5.41, 5.74) is 1.76. The molecule has 0 radical (unpaired) electrons. The van der Waals surface area contributed by atoms with E-state index in [4.69, 9.17) is 26.4 Å². The van der Waals surface area contributed by atoms with Crippen molar-refractivity contribution in [2.75, 3.05) is 20.3 Å². The van der Waals surface area contributed by atoms with Gasteiger partial charge < -0.3 is 19.5 Å². The lowest BCUT2D eigenvalue weighted by Gasteiger charge is -2.19. The van der Waals surface area contributed by atoms with Crippen LogP contribution in [0.5, 0.6) is 17.2 Å². The van der Waals surface area contributed by atoms with Crippen LogP contribution in [0, 0.1) is 4.77 Å². The normalized spacial score (nSPS) is 12.4. The lowest BCUT2D eigenvalue weighted by Crippen LogP contribution is -2.27. The van der Waals surface area contributed by atoms with E-state index in [9.17, 15) is 4.79 Å². The molecule has 0 saturated heterocycles. The number of fused-ring (bicyclic) bond motifs is 1. The van der Waals surface area contributed by atoms with Crippen molar-refractivity contribution in [3.8, 4) is 28.6 Å². The maximum atomic E-state index is 12.5.